The molecule has 1 atom stereocenters. The van der Waals surface area contributed by atoms with Crippen LogP contribution in [0.15, 0.2) is 0 Å². The lowest BCUT2D eigenvalue weighted by Crippen LogP contribution is -2.40. The molecule has 0 aliphatic heterocycles. The van der Waals surface area contributed by atoms with Crippen LogP contribution in [0.4, 0.5) is 0 Å². The molecule has 1 rings (SSSR count). The van der Waals surface area contributed by atoms with Gasteiger partial charge < -0.3 is 10.2 Å². The maximum absolute atomic E-state index is 8.85. The van der Waals surface area contributed by atoms with Gasteiger partial charge in [0.25, 0.3) is 0 Å². The van der Waals surface area contributed by atoms with Crippen molar-refractivity contribution < 1.29 is 0 Å². The molecular formula is C11H21N3. The van der Waals surface area contributed by atoms with Crippen LogP contribution in [0.3, 0.4) is 0 Å². The highest BCUT2D eigenvalue weighted by atomic mass is 15.1. The van der Waals surface area contributed by atoms with E-state index in [0.29, 0.717) is 0 Å². The van der Waals surface area contributed by atoms with Gasteiger partial charge in [-0.25, -0.2) is 0 Å². The monoisotopic (exact) mass is 195 g/mol. The summed E-state index contributed by atoms with van der Waals surface area (Å²) in [4.78, 5) is 2.39. The van der Waals surface area contributed by atoms with Crippen LogP contribution >= 0.6 is 0 Å². The van der Waals surface area contributed by atoms with Gasteiger partial charge in [0.05, 0.1) is 12.1 Å². The van der Waals surface area contributed by atoms with E-state index in [0.717, 1.165) is 25.6 Å². The molecule has 0 aromatic carbocycles. The second-order valence-electron chi connectivity index (χ2n) is 4.09. The Morgan fingerprint density at radius 1 is 1.57 bits per heavy atom. The summed E-state index contributed by atoms with van der Waals surface area (Å²) in [5.41, 5.74) is 0. The zero-order valence-corrected chi connectivity index (χ0v) is 9.29. The quantitative estimate of drug-likeness (QED) is 0.695. The Hall–Kier alpha value is -0.590. The minimum absolute atomic E-state index is 0.0301. The fourth-order valence-electron chi connectivity index (χ4n) is 1.80. The van der Waals surface area contributed by atoms with Crippen molar-refractivity contribution in [2.24, 2.45) is 0 Å². The number of nitriles is 1. The molecular weight excluding hydrogens is 174 g/mol. The molecule has 80 valence electrons. The van der Waals surface area contributed by atoms with Gasteiger partial charge in [-0.3, -0.25) is 0 Å². The fourth-order valence-corrected chi connectivity index (χ4v) is 1.80. The molecule has 1 fully saturated rings. The van der Waals surface area contributed by atoms with Gasteiger partial charge in [-0.2, -0.15) is 5.26 Å². The van der Waals surface area contributed by atoms with Crippen molar-refractivity contribution >= 4 is 0 Å². The zero-order valence-electron chi connectivity index (χ0n) is 9.29. The number of rotatable bonds is 6. The Bertz CT molecular complexity index is 193. The molecule has 0 bridgehead atoms. The van der Waals surface area contributed by atoms with Gasteiger partial charge in [-0.1, -0.05) is 13.3 Å². The lowest BCUT2D eigenvalue weighted by atomic mass is 9.92. The van der Waals surface area contributed by atoms with Gasteiger partial charge in [-0.05, 0) is 32.9 Å². The molecule has 0 amide bonds. The van der Waals surface area contributed by atoms with E-state index in [9.17, 15) is 0 Å². The summed E-state index contributed by atoms with van der Waals surface area (Å²) in [6.45, 7) is 3.96. The van der Waals surface area contributed by atoms with E-state index in [4.69, 9.17) is 5.26 Å². The van der Waals surface area contributed by atoms with Crippen LogP contribution in [0.1, 0.15) is 32.6 Å². The van der Waals surface area contributed by atoms with Crippen molar-refractivity contribution in [3.63, 3.8) is 0 Å². The molecule has 1 aliphatic carbocycles. The summed E-state index contributed by atoms with van der Waals surface area (Å²) in [5, 5.41) is 12.0. The van der Waals surface area contributed by atoms with Gasteiger partial charge in [0.2, 0.25) is 0 Å². The third-order valence-corrected chi connectivity index (χ3v) is 3.07. The Labute approximate surface area is 87.1 Å². The molecule has 0 heterocycles. The van der Waals surface area contributed by atoms with Crippen molar-refractivity contribution in [3.8, 4) is 6.07 Å². The van der Waals surface area contributed by atoms with Gasteiger partial charge in [0.1, 0.15) is 0 Å². The zero-order chi connectivity index (χ0) is 10.4. The molecule has 1 unspecified atom stereocenters. The Kier molecular flexibility index (Phi) is 4.92. The lowest BCUT2D eigenvalue weighted by Gasteiger charge is -2.35. The van der Waals surface area contributed by atoms with Crippen LogP contribution in [0.5, 0.6) is 0 Å². The van der Waals surface area contributed by atoms with E-state index >= 15 is 0 Å². The highest BCUT2D eigenvalue weighted by Crippen LogP contribution is 2.23. The van der Waals surface area contributed by atoms with Crippen LogP contribution in [0.25, 0.3) is 0 Å². The maximum Gasteiger partial charge on any atom is 0.0965 e. The maximum atomic E-state index is 8.85. The summed E-state index contributed by atoms with van der Waals surface area (Å²) in [6.07, 6.45) is 5.01. The van der Waals surface area contributed by atoms with Gasteiger partial charge >= 0.3 is 0 Å². The fraction of sp³-hybridized carbons (Fsp3) is 0.909. The third-order valence-electron chi connectivity index (χ3n) is 3.07. The highest BCUT2D eigenvalue weighted by molar-refractivity contribution is 4.90. The van der Waals surface area contributed by atoms with Crippen LogP contribution < -0.4 is 5.32 Å². The molecule has 0 spiro atoms. The first-order valence-electron chi connectivity index (χ1n) is 5.61. The predicted molar refractivity (Wildman–Crippen MR) is 58.0 cm³/mol. The summed E-state index contributed by atoms with van der Waals surface area (Å²) in [5.74, 6) is 0. The SMILES string of the molecule is CCNC(C#N)CCN(C)C1CCC1. The largest absolute Gasteiger partial charge is 0.303 e. The van der Waals surface area contributed by atoms with Crippen LogP contribution in [0.2, 0.25) is 0 Å². The van der Waals surface area contributed by atoms with Crippen molar-refractivity contribution in [2.75, 3.05) is 20.1 Å². The lowest BCUT2D eigenvalue weighted by molar-refractivity contribution is 0.156. The van der Waals surface area contributed by atoms with E-state index < -0.39 is 0 Å². The summed E-state index contributed by atoms with van der Waals surface area (Å²) >= 11 is 0. The van der Waals surface area contributed by atoms with Crippen LogP contribution in [0, 0.1) is 11.3 Å². The van der Waals surface area contributed by atoms with Crippen molar-refractivity contribution in [1.82, 2.24) is 10.2 Å². The smallest absolute Gasteiger partial charge is 0.0965 e. The number of hydrogen-bond donors (Lipinski definition) is 1. The topological polar surface area (TPSA) is 39.1 Å². The molecule has 0 saturated heterocycles. The average molecular weight is 195 g/mol. The van der Waals surface area contributed by atoms with E-state index in [1.54, 1.807) is 0 Å². The van der Waals surface area contributed by atoms with Gasteiger partial charge in [0.15, 0.2) is 0 Å². The first-order valence-corrected chi connectivity index (χ1v) is 5.61. The Balaban J connectivity index is 2.14. The summed E-state index contributed by atoms with van der Waals surface area (Å²) < 4.78 is 0. The van der Waals surface area contributed by atoms with Crippen LogP contribution in [-0.2, 0) is 0 Å². The first kappa shape index (κ1) is 11.5. The van der Waals surface area contributed by atoms with Gasteiger partial charge in [-0.15, -0.1) is 0 Å². The second-order valence-corrected chi connectivity index (χ2v) is 4.09. The minimum atomic E-state index is 0.0301. The average Bonchev–Trinajstić information content (AvgIpc) is 2.09. The molecule has 0 aromatic heterocycles. The number of hydrogen-bond acceptors (Lipinski definition) is 3. The summed E-state index contributed by atoms with van der Waals surface area (Å²) in [6, 6.07) is 3.11. The molecule has 3 heteroatoms. The van der Waals surface area contributed by atoms with Crippen molar-refractivity contribution in [3.05, 3.63) is 0 Å². The molecule has 0 radical (unpaired) electrons. The van der Waals surface area contributed by atoms with E-state index in [2.05, 4.69) is 23.3 Å². The third kappa shape index (κ3) is 3.28. The molecule has 1 aliphatic rings. The van der Waals surface area contributed by atoms with E-state index in [-0.39, 0.29) is 6.04 Å². The number of nitrogens with zero attached hydrogens (tertiary/aromatic N) is 2. The van der Waals surface area contributed by atoms with Crippen LogP contribution in [-0.4, -0.2) is 37.1 Å². The standard InChI is InChI=1S/C11H21N3/c1-3-13-10(9-12)7-8-14(2)11-5-4-6-11/h10-11,13H,3-8H2,1-2H3. The molecule has 14 heavy (non-hydrogen) atoms. The summed E-state index contributed by atoms with van der Waals surface area (Å²) in [7, 11) is 2.17. The second kappa shape index (κ2) is 6.00. The Morgan fingerprint density at radius 3 is 2.71 bits per heavy atom. The van der Waals surface area contributed by atoms with Gasteiger partial charge in [0, 0.05) is 12.6 Å². The van der Waals surface area contributed by atoms with E-state index in [1.165, 1.54) is 19.3 Å². The van der Waals surface area contributed by atoms with Crippen molar-refractivity contribution in [1.29, 1.82) is 5.26 Å². The predicted octanol–water partition coefficient (Wildman–Crippen LogP) is 1.36. The molecule has 1 saturated carbocycles. The molecule has 1 N–H and O–H groups in total. The van der Waals surface area contributed by atoms with Crippen molar-refractivity contribution in [2.45, 2.75) is 44.7 Å². The molecule has 3 nitrogen and oxygen atoms in total. The van der Waals surface area contributed by atoms with E-state index in [1.807, 2.05) is 6.92 Å². The molecule has 0 aromatic rings. The highest BCUT2D eigenvalue weighted by Gasteiger charge is 2.22. The number of nitrogens with one attached hydrogen (secondary N) is 1. The Morgan fingerprint density at radius 2 is 2.29 bits per heavy atom. The normalized spacial score (nSPS) is 19.0. The minimum Gasteiger partial charge on any atom is -0.303 e. The first-order chi connectivity index (χ1) is 6.77.